The predicted molar refractivity (Wildman–Crippen MR) is 320 cm³/mol. The van der Waals surface area contributed by atoms with Crippen LogP contribution in [0.25, 0.3) is 0 Å². The van der Waals surface area contributed by atoms with E-state index >= 15 is 0 Å². The Morgan fingerprint density at radius 1 is 0.284 bits per heavy atom. The van der Waals surface area contributed by atoms with Gasteiger partial charge in [0.1, 0.15) is 13.2 Å². The van der Waals surface area contributed by atoms with E-state index < -0.39 is 6.10 Å². The van der Waals surface area contributed by atoms with Gasteiger partial charge in [0.15, 0.2) is 6.10 Å². The molecule has 6 heteroatoms. The molecule has 1 unspecified atom stereocenters. The highest BCUT2D eigenvalue weighted by Gasteiger charge is 2.19. The minimum Gasteiger partial charge on any atom is -0.462 e. The first kappa shape index (κ1) is 70.1. The largest absolute Gasteiger partial charge is 0.462 e. The van der Waals surface area contributed by atoms with Crippen LogP contribution in [0.3, 0.4) is 0 Å². The molecule has 0 aromatic heterocycles. The van der Waals surface area contributed by atoms with Crippen molar-refractivity contribution in [2.45, 2.75) is 290 Å². The van der Waals surface area contributed by atoms with E-state index in [1.165, 1.54) is 116 Å². The predicted octanol–water partition coefficient (Wildman–Crippen LogP) is 21.0. The summed E-state index contributed by atoms with van der Waals surface area (Å²) in [6.45, 7) is 6.48. The molecule has 0 aliphatic carbocycles. The van der Waals surface area contributed by atoms with E-state index in [4.69, 9.17) is 14.2 Å². The Labute approximate surface area is 457 Å². The highest BCUT2D eigenvalue weighted by atomic mass is 16.6. The van der Waals surface area contributed by atoms with Crippen LogP contribution in [0.2, 0.25) is 0 Å². The number of hydrogen-bond acceptors (Lipinski definition) is 6. The summed E-state index contributed by atoms with van der Waals surface area (Å²) in [7, 11) is 0. The van der Waals surface area contributed by atoms with E-state index in [1.54, 1.807) is 0 Å². The molecule has 0 aliphatic heterocycles. The van der Waals surface area contributed by atoms with E-state index in [0.29, 0.717) is 19.3 Å². The molecule has 0 heterocycles. The number of rotatable bonds is 55. The van der Waals surface area contributed by atoms with Crippen LogP contribution in [0.15, 0.2) is 109 Å². The first-order valence-corrected chi connectivity index (χ1v) is 30.9. The van der Waals surface area contributed by atoms with E-state index in [9.17, 15) is 14.4 Å². The van der Waals surface area contributed by atoms with Gasteiger partial charge in [0, 0.05) is 19.3 Å². The molecule has 6 nitrogen and oxygen atoms in total. The molecule has 0 rings (SSSR count). The van der Waals surface area contributed by atoms with E-state index in [0.717, 1.165) is 128 Å². The SMILES string of the molecule is CC/C=C\C/C=C\C/C=C\C/C=C\C/C=C\C/C=C\CCCCCCC(=O)OCC(COC(=O)CCCCCCCCCCCC)OC(=O)CCCCCCCCCC/C=C\C/C=C\C/C=C\CCCCCCC. The lowest BCUT2D eigenvalue weighted by Crippen LogP contribution is -2.30. The molecule has 0 aromatic rings. The van der Waals surface area contributed by atoms with Gasteiger partial charge in [-0.25, -0.2) is 0 Å². The maximum atomic E-state index is 12.9. The van der Waals surface area contributed by atoms with Crippen LogP contribution >= 0.6 is 0 Å². The molecular formula is C68H114O6. The van der Waals surface area contributed by atoms with Crippen molar-refractivity contribution in [1.29, 1.82) is 0 Å². The average Bonchev–Trinajstić information content (AvgIpc) is 3.40. The molecule has 74 heavy (non-hydrogen) atoms. The van der Waals surface area contributed by atoms with Gasteiger partial charge in [0.2, 0.25) is 0 Å². The fraction of sp³-hybridized carbons (Fsp3) is 0.691. The number of hydrogen-bond donors (Lipinski definition) is 0. The Morgan fingerprint density at radius 3 is 0.824 bits per heavy atom. The molecule has 0 aliphatic rings. The number of allylic oxidation sites excluding steroid dienone is 18. The summed E-state index contributed by atoms with van der Waals surface area (Å²) < 4.78 is 16.9. The zero-order valence-corrected chi connectivity index (χ0v) is 48.3. The van der Waals surface area contributed by atoms with Gasteiger partial charge in [0.25, 0.3) is 0 Å². The highest BCUT2D eigenvalue weighted by molar-refractivity contribution is 5.71. The van der Waals surface area contributed by atoms with Crippen LogP contribution in [0, 0.1) is 0 Å². The molecule has 0 radical (unpaired) electrons. The van der Waals surface area contributed by atoms with Gasteiger partial charge in [-0.2, -0.15) is 0 Å². The zero-order valence-electron chi connectivity index (χ0n) is 48.3. The van der Waals surface area contributed by atoms with Crippen molar-refractivity contribution in [2.24, 2.45) is 0 Å². The van der Waals surface area contributed by atoms with E-state index in [-0.39, 0.29) is 31.1 Å². The van der Waals surface area contributed by atoms with E-state index in [1.807, 2.05) is 0 Å². The third kappa shape index (κ3) is 59.0. The van der Waals surface area contributed by atoms with Crippen molar-refractivity contribution < 1.29 is 28.6 Å². The third-order valence-electron chi connectivity index (χ3n) is 13.0. The van der Waals surface area contributed by atoms with Crippen molar-refractivity contribution in [3.05, 3.63) is 109 Å². The second kappa shape index (κ2) is 61.6. The van der Waals surface area contributed by atoms with Crippen molar-refractivity contribution >= 4 is 17.9 Å². The Bertz CT molecular complexity index is 1510. The van der Waals surface area contributed by atoms with Crippen LogP contribution in [0.5, 0.6) is 0 Å². The van der Waals surface area contributed by atoms with Gasteiger partial charge in [-0.1, -0.05) is 265 Å². The quantitative estimate of drug-likeness (QED) is 0.0261. The molecule has 0 saturated heterocycles. The van der Waals surface area contributed by atoms with Gasteiger partial charge in [-0.15, -0.1) is 0 Å². The van der Waals surface area contributed by atoms with Crippen molar-refractivity contribution in [3.63, 3.8) is 0 Å². The molecule has 0 aromatic carbocycles. The lowest BCUT2D eigenvalue weighted by atomic mass is 10.1. The van der Waals surface area contributed by atoms with Crippen molar-refractivity contribution in [3.8, 4) is 0 Å². The Balaban J connectivity index is 4.36. The summed E-state index contributed by atoms with van der Waals surface area (Å²) in [5.41, 5.74) is 0. The van der Waals surface area contributed by atoms with Crippen LogP contribution in [-0.2, 0) is 28.6 Å². The molecule has 0 fully saturated rings. The normalized spacial score (nSPS) is 12.9. The summed E-state index contributed by atoms with van der Waals surface area (Å²) in [6, 6.07) is 0. The number of carbonyl (C=O) groups excluding carboxylic acids is 3. The van der Waals surface area contributed by atoms with Crippen LogP contribution in [0.1, 0.15) is 284 Å². The molecule has 1 atom stereocenters. The highest BCUT2D eigenvalue weighted by Crippen LogP contribution is 2.15. The smallest absolute Gasteiger partial charge is 0.306 e. The minimum atomic E-state index is -0.794. The van der Waals surface area contributed by atoms with Crippen LogP contribution < -0.4 is 0 Å². The number of carbonyl (C=O) groups is 3. The van der Waals surface area contributed by atoms with Crippen LogP contribution in [-0.4, -0.2) is 37.2 Å². The maximum absolute atomic E-state index is 12.9. The second-order valence-electron chi connectivity index (χ2n) is 20.2. The van der Waals surface area contributed by atoms with Gasteiger partial charge >= 0.3 is 17.9 Å². The summed E-state index contributed by atoms with van der Waals surface area (Å²) in [4.78, 5) is 38.2. The average molecular weight is 1030 g/mol. The van der Waals surface area contributed by atoms with Crippen molar-refractivity contribution in [2.75, 3.05) is 13.2 Å². The van der Waals surface area contributed by atoms with Gasteiger partial charge in [-0.3, -0.25) is 14.4 Å². The number of esters is 3. The monoisotopic (exact) mass is 1030 g/mol. The standard InChI is InChI=1S/C68H114O6/c1-4-7-10-13-16-19-22-24-26-28-30-32-34-36-38-40-42-44-46-49-52-55-58-61-67(70)73-64-65(63-72-66(69)60-57-54-51-48-21-18-15-12-9-6-3)74-68(71)62-59-56-53-50-47-45-43-41-39-37-35-33-31-29-27-25-23-20-17-14-11-8-5-2/h7,10,16,19,23-26,29-32,35-38,42,44,65H,4-6,8-9,11-15,17-18,20-22,27-28,33-34,39-41,43,45-64H2,1-3H3/b10-7-,19-16-,25-23-,26-24-,31-29-,32-30-,37-35-,38-36-,44-42-. The molecular weight excluding hydrogens is 913 g/mol. The summed E-state index contributed by atoms with van der Waals surface area (Å²) in [5.74, 6) is -0.920. The molecule has 0 bridgehead atoms. The second-order valence-corrected chi connectivity index (χ2v) is 20.2. The minimum absolute atomic E-state index is 0.0890. The Hall–Kier alpha value is -3.93. The van der Waals surface area contributed by atoms with Crippen molar-refractivity contribution in [1.82, 2.24) is 0 Å². The Morgan fingerprint density at radius 2 is 0.527 bits per heavy atom. The molecule has 0 amide bonds. The number of unbranched alkanes of at least 4 members (excludes halogenated alkanes) is 26. The van der Waals surface area contributed by atoms with Gasteiger partial charge in [-0.05, 0) is 109 Å². The first-order chi connectivity index (χ1) is 36.5. The Kier molecular flexibility index (Phi) is 58.3. The van der Waals surface area contributed by atoms with Gasteiger partial charge in [0.05, 0.1) is 0 Å². The fourth-order valence-electron chi connectivity index (χ4n) is 8.39. The first-order valence-electron chi connectivity index (χ1n) is 30.9. The summed E-state index contributed by atoms with van der Waals surface area (Å²) in [5, 5.41) is 0. The summed E-state index contributed by atoms with van der Waals surface area (Å²) in [6.07, 6.45) is 83.7. The third-order valence-corrected chi connectivity index (χ3v) is 13.0. The number of ether oxygens (including phenoxy) is 3. The molecule has 0 saturated carbocycles. The van der Waals surface area contributed by atoms with E-state index in [2.05, 4.69) is 130 Å². The zero-order chi connectivity index (χ0) is 53.6. The lowest BCUT2D eigenvalue weighted by Gasteiger charge is -2.18. The topological polar surface area (TPSA) is 78.9 Å². The molecule has 0 spiro atoms. The fourth-order valence-corrected chi connectivity index (χ4v) is 8.39. The van der Waals surface area contributed by atoms with Crippen LogP contribution in [0.4, 0.5) is 0 Å². The van der Waals surface area contributed by atoms with Gasteiger partial charge < -0.3 is 14.2 Å². The molecule has 0 N–H and O–H groups in total. The maximum Gasteiger partial charge on any atom is 0.306 e. The summed E-state index contributed by atoms with van der Waals surface area (Å²) >= 11 is 0. The lowest BCUT2D eigenvalue weighted by molar-refractivity contribution is -0.167. The molecule has 422 valence electrons.